The summed E-state index contributed by atoms with van der Waals surface area (Å²) in [7, 11) is 0. The van der Waals surface area contributed by atoms with Crippen LogP contribution in [-0.4, -0.2) is 9.13 Å². The third-order valence-corrected chi connectivity index (χ3v) is 16.4. The van der Waals surface area contributed by atoms with Crippen molar-refractivity contribution < 1.29 is 8.83 Å². The van der Waals surface area contributed by atoms with Gasteiger partial charge >= 0.3 is 0 Å². The zero-order valence-corrected chi connectivity index (χ0v) is 43.2. The molecule has 4 aromatic heterocycles. The zero-order chi connectivity index (χ0) is 52.4. The molecule has 17 aromatic rings. The minimum Gasteiger partial charge on any atom is -0.455 e. The molecule has 0 unspecified atom stereocenters. The number of furan rings is 2. The quantitative estimate of drug-likeness (QED) is 0.152. The lowest BCUT2D eigenvalue weighted by molar-refractivity contribution is 0.667. The maximum atomic E-state index is 6.91. The van der Waals surface area contributed by atoms with Gasteiger partial charge in [0.25, 0.3) is 0 Å². The highest BCUT2D eigenvalue weighted by molar-refractivity contribution is 6.22. The zero-order valence-electron chi connectivity index (χ0n) is 43.2. The summed E-state index contributed by atoms with van der Waals surface area (Å²) in [5, 5.41) is 13.3. The van der Waals surface area contributed by atoms with Crippen LogP contribution >= 0.6 is 0 Å². The van der Waals surface area contributed by atoms with Crippen molar-refractivity contribution >= 4 is 143 Å². The van der Waals surface area contributed by atoms with Gasteiger partial charge in [-0.25, -0.2) is 0 Å². The maximum Gasteiger partial charge on any atom is 0.143 e. The Balaban J connectivity index is 0.747. The average Bonchev–Trinajstić information content (AvgIpc) is 4.43. The van der Waals surface area contributed by atoms with E-state index in [9.17, 15) is 0 Å². The van der Waals surface area contributed by atoms with Gasteiger partial charge in [-0.3, -0.25) is 0 Å². The molecule has 0 bridgehead atoms. The molecule has 0 radical (unpaired) electrons. The molecule has 0 aliphatic carbocycles. The predicted molar refractivity (Wildman–Crippen MR) is 334 cm³/mol. The van der Waals surface area contributed by atoms with E-state index in [2.05, 4.69) is 298 Å². The summed E-state index contributed by atoms with van der Waals surface area (Å²) in [6, 6.07) is 100. The number of anilines is 6. The van der Waals surface area contributed by atoms with Crippen molar-refractivity contribution in [2.75, 3.05) is 9.80 Å². The van der Waals surface area contributed by atoms with Gasteiger partial charge in [0, 0.05) is 99.4 Å². The fraction of sp³-hybridized carbons (Fsp3) is 0. The van der Waals surface area contributed by atoms with E-state index in [0.717, 1.165) is 111 Å². The molecule has 80 heavy (non-hydrogen) atoms. The van der Waals surface area contributed by atoms with Crippen molar-refractivity contribution in [2.24, 2.45) is 0 Å². The molecule has 0 saturated heterocycles. The Bertz CT molecular complexity index is 4970. The van der Waals surface area contributed by atoms with Crippen LogP contribution in [0.4, 0.5) is 34.1 Å². The molecule has 374 valence electrons. The van der Waals surface area contributed by atoms with Crippen molar-refractivity contribution in [3.8, 4) is 11.4 Å². The predicted octanol–water partition coefficient (Wildman–Crippen LogP) is 20.9. The first-order valence-corrected chi connectivity index (χ1v) is 27.2. The number of nitrogens with zero attached hydrogens (tertiary/aromatic N) is 4. The normalized spacial score (nSPS) is 12.0. The van der Waals surface area contributed by atoms with Crippen molar-refractivity contribution in [2.45, 2.75) is 0 Å². The molecular formula is C74H46N4O2. The molecule has 0 amide bonds. The molecule has 4 heterocycles. The second-order valence-electron chi connectivity index (χ2n) is 20.9. The van der Waals surface area contributed by atoms with Gasteiger partial charge in [-0.15, -0.1) is 0 Å². The number of hydrogen-bond donors (Lipinski definition) is 0. The summed E-state index contributed by atoms with van der Waals surface area (Å²) < 4.78 is 18.6. The molecule has 0 atom stereocenters. The molecule has 0 N–H and O–H groups in total. The molecule has 0 saturated carbocycles. The van der Waals surface area contributed by atoms with E-state index in [1.807, 2.05) is 0 Å². The number of hydrogen-bond acceptors (Lipinski definition) is 4. The summed E-state index contributed by atoms with van der Waals surface area (Å²) >= 11 is 0. The Hall–Kier alpha value is -10.8. The fourth-order valence-corrected chi connectivity index (χ4v) is 12.8. The minimum atomic E-state index is 0.832. The van der Waals surface area contributed by atoms with Crippen molar-refractivity contribution in [1.82, 2.24) is 9.13 Å². The monoisotopic (exact) mass is 1020 g/mol. The van der Waals surface area contributed by atoms with Crippen LogP contribution in [0.25, 0.3) is 120 Å². The van der Waals surface area contributed by atoms with Crippen LogP contribution in [0.15, 0.2) is 288 Å². The highest BCUT2D eigenvalue weighted by atomic mass is 16.3. The molecule has 0 aliphatic rings. The Morgan fingerprint density at radius 2 is 0.575 bits per heavy atom. The Morgan fingerprint density at radius 1 is 0.225 bits per heavy atom. The van der Waals surface area contributed by atoms with Crippen LogP contribution in [0, 0.1) is 0 Å². The Labute approximate surface area is 459 Å². The number of aromatic nitrogens is 2. The highest BCUT2D eigenvalue weighted by Crippen LogP contribution is 2.46. The van der Waals surface area contributed by atoms with E-state index in [-0.39, 0.29) is 0 Å². The first kappa shape index (κ1) is 44.3. The largest absolute Gasteiger partial charge is 0.455 e. The second-order valence-corrected chi connectivity index (χ2v) is 20.9. The fourth-order valence-electron chi connectivity index (χ4n) is 12.8. The van der Waals surface area contributed by atoms with Gasteiger partial charge in [0.15, 0.2) is 0 Å². The average molecular weight is 1020 g/mol. The highest BCUT2D eigenvalue weighted by Gasteiger charge is 2.22. The van der Waals surface area contributed by atoms with Gasteiger partial charge in [0.05, 0.1) is 22.1 Å². The van der Waals surface area contributed by atoms with Crippen molar-refractivity contribution in [1.29, 1.82) is 0 Å². The summed E-state index contributed by atoms with van der Waals surface area (Å²) in [6.45, 7) is 0. The summed E-state index contributed by atoms with van der Waals surface area (Å²) in [4.78, 5) is 4.71. The van der Waals surface area contributed by atoms with E-state index < -0.39 is 0 Å². The number of para-hydroxylation sites is 6. The summed E-state index contributed by atoms with van der Waals surface area (Å²) in [6.07, 6.45) is 0. The van der Waals surface area contributed by atoms with Crippen LogP contribution in [0.5, 0.6) is 0 Å². The summed E-state index contributed by atoms with van der Waals surface area (Å²) in [5.41, 5.74) is 16.8. The van der Waals surface area contributed by atoms with Gasteiger partial charge in [-0.05, 0) is 168 Å². The van der Waals surface area contributed by atoms with Crippen LogP contribution < -0.4 is 9.80 Å². The Kier molecular flexibility index (Phi) is 9.61. The lowest BCUT2D eigenvalue weighted by Gasteiger charge is -2.26. The van der Waals surface area contributed by atoms with Crippen LogP contribution in [0.3, 0.4) is 0 Å². The van der Waals surface area contributed by atoms with E-state index in [0.29, 0.717) is 0 Å². The third kappa shape index (κ3) is 6.72. The van der Waals surface area contributed by atoms with Gasteiger partial charge < -0.3 is 27.8 Å². The molecule has 13 aromatic carbocycles. The topological polar surface area (TPSA) is 42.6 Å². The molecule has 17 rings (SSSR count). The van der Waals surface area contributed by atoms with Crippen LogP contribution in [-0.2, 0) is 0 Å². The lowest BCUT2D eigenvalue weighted by Crippen LogP contribution is -2.09. The SMILES string of the molecule is c1ccc(N(c2ccc3c(ccc4c5cc6oc7c8ccc(N(c9ccccc9)c9ccc%10c(c9)c9ccccc9n%10-c9ccccc9)cc8ccc7c6cc5oc34)c2)c2ccc3c(c2)c2ccccc2n3-c2ccccc2)cc1. The Morgan fingerprint density at radius 3 is 1.01 bits per heavy atom. The van der Waals surface area contributed by atoms with Gasteiger partial charge in [0.1, 0.15) is 22.3 Å². The molecule has 0 fully saturated rings. The number of rotatable bonds is 8. The number of benzene rings is 13. The van der Waals surface area contributed by atoms with E-state index in [1.165, 1.54) is 43.6 Å². The first-order valence-electron chi connectivity index (χ1n) is 27.2. The standard InChI is InChI=1S/C74H46N4O2/c1-5-17-49(18-6-1)75(55-33-39-69-63(43-55)59-25-13-15-27-67(59)77(69)51-21-9-3-10-22-51)53-31-37-57-47(41-53)29-35-61-65-45-72-66(46-71(65)79-73(57)61)62-36-30-48-42-54(32-38-58(48)74(62)80-72)76(50-19-7-2-8-20-50)56-34-40-70-64(44-56)60-26-14-16-28-68(60)78(70)52-23-11-4-12-24-52/h1-46H. The molecule has 0 spiro atoms. The third-order valence-electron chi connectivity index (χ3n) is 16.4. The molecule has 6 nitrogen and oxygen atoms in total. The maximum absolute atomic E-state index is 6.91. The van der Waals surface area contributed by atoms with E-state index in [4.69, 9.17) is 8.83 Å². The van der Waals surface area contributed by atoms with Gasteiger partial charge in [-0.2, -0.15) is 0 Å². The lowest BCUT2D eigenvalue weighted by atomic mass is 10.0. The van der Waals surface area contributed by atoms with Crippen LogP contribution in [0.2, 0.25) is 0 Å². The van der Waals surface area contributed by atoms with Crippen molar-refractivity contribution in [3.05, 3.63) is 279 Å². The van der Waals surface area contributed by atoms with Crippen LogP contribution in [0.1, 0.15) is 0 Å². The van der Waals surface area contributed by atoms with Gasteiger partial charge in [-0.1, -0.05) is 121 Å². The smallest absolute Gasteiger partial charge is 0.143 e. The minimum absolute atomic E-state index is 0.832. The summed E-state index contributed by atoms with van der Waals surface area (Å²) in [5.74, 6) is 0. The molecule has 0 aliphatic heterocycles. The van der Waals surface area contributed by atoms with Crippen molar-refractivity contribution in [3.63, 3.8) is 0 Å². The number of fused-ring (bicyclic) bond motifs is 16. The molecular weight excluding hydrogens is 977 g/mol. The first-order chi connectivity index (χ1) is 39.7. The second kappa shape index (κ2) is 17.3. The van der Waals surface area contributed by atoms with E-state index >= 15 is 0 Å². The van der Waals surface area contributed by atoms with E-state index in [1.54, 1.807) is 0 Å². The molecule has 6 heteroatoms. The van der Waals surface area contributed by atoms with Gasteiger partial charge in [0.2, 0.25) is 0 Å².